The molecular weight excluding hydrogens is 288 g/mol. The number of aliphatic imine (C=N–C) groups is 1. The number of phenolic OH excluding ortho intramolecular Hbond substituents is 1. The van der Waals surface area contributed by atoms with Crippen molar-refractivity contribution in [2.75, 3.05) is 0 Å². The van der Waals surface area contributed by atoms with Crippen molar-refractivity contribution >= 4 is 35.1 Å². The van der Waals surface area contributed by atoms with Crippen LogP contribution in [-0.2, 0) is 0 Å². The molecule has 0 aliphatic rings. The van der Waals surface area contributed by atoms with Crippen LogP contribution < -0.4 is 0 Å². The molecular formula is C14H10Cl2FNO. The predicted octanol–water partition coefficient (Wildman–Crippen LogP) is 4.90. The van der Waals surface area contributed by atoms with Gasteiger partial charge in [-0.25, -0.2) is 4.39 Å². The highest BCUT2D eigenvalue weighted by Crippen LogP contribution is 2.30. The third-order valence-electron chi connectivity index (χ3n) is 2.57. The maximum atomic E-state index is 13.3. The minimum absolute atomic E-state index is 0.109. The highest BCUT2D eigenvalue weighted by atomic mass is 35.5. The normalized spacial score (nSPS) is 11.2. The summed E-state index contributed by atoms with van der Waals surface area (Å²) in [5, 5.41) is 10.3. The number of phenols is 1. The van der Waals surface area contributed by atoms with Gasteiger partial charge >= 0.3 is 0 Å². The molecule has 0 atom stereocenters. The first kappa shape index (κ1) is 13.8. The van der Waals surface area contributed by atoms with Crippen LogP contribution in [0, 0.1) is 12.7 Å². The van der Waals surface area contributed by atoms with Gasteiger partial charge in [-0.05, 0) is 36.8 Å². The molecule has 0 bridgehead atoms. The summed E-state index contributed by atoms with van der Waals surface area (Å²) in [4.78, 5) is 4.08. The molecule has 0 aromatic heterocycles. The summed E-state index contributed by atoms with van der Waals surface area (Å²) in [5.41, 5.74) is 1.37. The minimum atomic E-state index is -0.331. The smallest absolute Gasteiger partial charge is 0.143 e. The Morgan fingerprint density at radius 2 is 1.95 bits per heavy atom. The molecule has 1 N–H and O–H groups in total. The second-order valence-corrected chi connectivity index (χ2v) is 4.86. The molecule has 98 valence electrons. The van der Waals surface area contributed by atoms with Crippen LogP contribution in [0.2, 0.25) is 10.0 Å². The Balaban J connectivity index is 2.35. The molecule has 0 radical (unpaired) electrons. The lowest BCUT2D eigenvalue weighted by Crippen LogP contribution is -1.85. The molecule has 0 unspecified atom stereocenters. The van der Waals surface area contributed by atoms with Gasteiger partial charge in [0, 0.05) is 16.8 Å². The van der Waals surface area contributed by atoms with Crippen LogP contribution in [-0.4, -0.2) is 11.3 Å². The first-order valence-electron chi connectivity index (χ1n) is 5.45. The molecule has 2 rings (SSSR count). The minimum Gasteiger partial charge on any atom is -0.506 e. The zero-order chi connectivity index (χ0) is 14.0. The fraction of sp³-hybridized carbons (Fsp3) is 0.0714. The summed E-state index contributed by atoms with van der Waals surface area (Å²) in [7, 11) is 0. The molecule has 0 spiro atoms. The van der Waals surface area contributed by atoms with Gasteiger partial charge in [0.1, 0.15) is 11.6 Å². The van der Waals surface area contributed by atoms with E-state index < -0.39 is 0 Å². The molecule has 2 aromatic carbocycles. The van der Waals surface area contributed by atoms with Gasteiger partial charge in [0.2, 0.25) is 0 Å². The standard InChI is InChI=1S/C14H10Cl2FNO/c1-8-2-3-11(6-13(8)17)18-7-9-4-10(15)5-12(16)14(9)19/h2-7,19H,1H3. The fourth-order valence-corrected chi connectivity index (χ4v) is 2.00. The van der Waals surface area contributed by atoms with Crippen molar-refractivity contribution in [1.82, 2.24) is 0 Å². The maximum absolute atomic E-state index is 13.3. The lowest BCUT2D eigenvalue weighted by molar-refractivity contribution is 0.475. The van der Waals surface area contributed by atoms with E-state index in [0.717, 1.165) is 0 Å². The van der Waals surface area contributed by atoms with Crippen molar-refractivity contribution in [3.05, 3.63) is 57.3 Å². The van der Waals surface area contributed by atoms with Crippen LogP contribution >= 0.6 is 23.2 Å². The van der Waals surface area contributed by atoms with E-state index in [1.165, 1.54) is 24.4 Å². The van der Waals surface area contributed by atoms with Crippen LogP contribution in [0.5, 0.6) is 5.75 Å². The van der Waals surface area contributed by atoms with Crippen molar-refractivity contribution in [1.29, 1.82) is 0 Å². The second-order valence-electron chi connectivity index (χ2n) is 4.02. The molecule has 19 heavy (non-hydrogen) atoms. The van der Waals surface area contributed by atoms with E-state index in [-0.39, 0.29) is 16.6 Å². The number of hydrogen-bond acceptors (Lipinski definition) is 2. The van der Waals surface area contributed by atoms with Gasteiger partial charge < -0.3 is 5.11 Å². The molecule has 2 nitrogen and oxygen atoms in total. The van der Waals surface area contributed by atoms with Crippen LogP contribution in [0.4, 0.5) is 10.1 Å². The summed E-state index contributed by atoms with van der Waals surface area (Å²) >= 11 is 11.6. The van der Waals surface area contributed by atoms with Gasteiger partial charge in [-0.2, -0.15) is 0 Å². The van der Waals surface area contributed by atoms with E-state index >= 15 is 0 Å². The Morgan fingerprint density at radius 1 is 1.21 bits per heavy atom. The van der Waals surface area contributed by atoms with Crippen LogP contribution in [0.3, 0.4) is 0 Å². The van der Waals surface area contributed by atoms with E-state index in [9.17, 15) is 9.50 Å². The van der Waals surface area contributed by atoms with Gasteiger partial charge in [-0.3, -0.25) is 4.99 Å². The number of halogens is 3. The van der Waals surface area contributed by atoms with Gasteiger partial charge in [0.15, 0.2) is 0 Å². The maximum Gasteiger partial charge on any atom is 0.143 e. The third kappa shape index (κ3) is 3.25. The van der Waals surface area contributed by atoms with Crippen molar-refractivity contribution in [3.8, 4) is 5.75 Å². The van der Waals surface area contributed by atoms with E-state index in [0.29, 0.717) is 21.8 Å². The highest BCUT2D eigenvalue weighted by molar-refractivity contribution is 6.36. The largest absolute Gasteiger partial charge is 0.506 e. The summed E-state index contributed by atoms with van der Waals surface area (Å²) in [6.07, 6.45) is 1.39. The topological polar surface area (TPSA) is 32.6 Å². The zero-order valence-corrected chi connectivity index (χ0v) is 11.5. The van der Waals surface area contributed by atoms with Gasteiger partial charge in [0.25, 0.3) is 0 Å². The van der Waals surface area contributed by atoms with Crippen molar-refractivity contribution < 1.29 is 9.50 Å². The SMILES string of the molecule is Cc1ccc(N=Cc2cc(Cl)cc(Cl)c2O)cc1F. The van der Waals surface area contributed by atoms with Crippen LogP contribution in [0.1, 0.15) is 11.1 Å². The first-order valence-corrected chi connectivity index (χ1v) is 6.21. The molecule has 0 aliphatic carbocycles. The molecule has 0 saturated carbocycles. The van der Waals surface area contributed by atoms with Crippen LogP contribution in [0.25, 0.3) is 0 Å². The Bertz CT molecular complexity index is 656. The summed E-state index contributed by atoms with van der Waals surface area (Å²) in [6, 6.07) is 7.58. The molecule has 0 amide bonds. The first-order chi connectivity index (χ1) is 8.97. The van der Waals surface area contributed by atoms with E-state index in [1.54, 1.807) is 19.1 Å². The summed E-state index contributed by atoms with van der Waals surface area (Å²) in [6.45, 7) is 1.67. The van der Waals surface area contributed by atoms with Crippen molar-refractivity contribution in [2.45, 2.75) is 6.92 Å². The van der Waals surface area contributed by atoms with Gasteiger partial charge in [0.05, 0.1) is 10.7 Å². The molecule has 5 heteroatoms. The Hall–Kier alpha value is -1.58. The van der Waals surface area contributed by atoms with Crippen molar-refractivity contribution in [2.24, 2.45) is 4.99 Å². The Kier molecular flexibility index (Phi) is 4.08. The van der Waals surface area contributed by atoms with E-state index in [2.05, 4.69) is 4.99 Å². The molecule has 0 saturated heterocycles. The third-order valence-corrected chi connectivity index (χ3v) is 3.07. The average molecular weight is 298 g/mol. The van der Waals surface area contributed by atoms with Gasteiger partial charge in [-0.1, -0.05) is 29.3 Å². The molecule has 0 aliphatic heterocycles. The lowest BCUT2D eigenvalue weighted by atomic mass is 10.2. The number of aromatic hydroxyl groups is 1. The molecule has 0 fully saturated rings. The quantitative estimate of drug-likeness (QED) is 0.786. The number of aryl methyl sites for hydroxylation is 1. The summed E-state index contributed by atoms with van der Waals surface area (Å²) < 4.78 is 13.3. The Labute approximate surface area is 120 Å². The summed E-state index contributed by atoms with van der Waals surface area (Å²) in [5.74, 6) is -0.439. The number of hydrogen-bond donors (Lipinski definition) is 1. The second kappa shape index (κ2) is 5.59. The number of rotatable bonds is 2. The highest BCUT2D eigenvalue weighted by Gasteiger charge is 2.06. The average Bonchev–Trinajstić information content (AvgIpc) is 2.36. The predicted molar refractivity (Wildman–Crippen MR) is 76.5 cm³/mol. The monoisotopic (exact) mass is 297 g/mol. The molecule has 0 heterocycles. The number of nitrogens with zero attached hydrogens (tertiary/aromatic N) is 1. The van der Waals surface area contributed by atoms with Crippen molar-refractivity contribution in [3.63, 3.8) is 0 Å². The number of benzene rings is 2. The van der Waals surface area contributed by atoms with Gasteiger partial charge in [-0.15, -0.1) is 0 Å². The van der Waals surface area contributed by atoms with E-state index in [1.807, 2.05) is 0 Å². The molecule has 2 aromatic rings. The lowest BCUT2D eigenvalue weighted by Gasteiger charge is -2.02. The fourth-order valence-electron chi connectivity index (χ4n) is 1.49. The van der Waals surface area contributed by atoms with Crippen LogP contribution in [0.15, 0.2) is 35.3 Å². The zero-order valence-electron chi connectivity index (χ0n) is 9.99. The Morgan fingerprint density at radius 3 is 2.63 bits per heavy atom. The van der Waals surface area contributed by atoms with E-state index in [4.69, 9.17) is 23.2 Å².